The quantitative estimate of drug-likeness (QED) is 0.425. The maximum absolute atomic E-state index is 13.5. The lowest BCUT2D eigenvalue weighted by Crippen LogP contribution is -2.46. The van der Waals surface area contributed by atoms with Crippen molar-refractivity contribution in [3.63, 3.8) is 0 Å². The van der Waals surface area contributed by atoms with E-state index in [2.05, 4.69) is 15.9 Å². The number of sulfonamides is 1. The van der Waals surface area contributed by atoms with Crippen LogP contribution in [0, 0.1) is 0 Å². The molecule has 0 spiro atoms. The predicted molar refractivity (Wildman–Crippen MR) is 145 cm³/mol. The van der Waals surface area contributed by atoms with Crippen LogP contribution in [0.2, 0.25) is 5.02 Å². The van der Waals surface area contributed by atoms with Crippen LogP contribution in [0.3, 0.4) is 0 Å². The molecule has 0 aliphatic carbocycles. The Bertz CT molecular complexity index is 1200. The van der Waals surface area contributed by atoms with Gasteiger partial charge in [0.1, 0.15) is 0 Å². The van der Waals surface area contributed by atoms with Gasteiger partial charge in [-0.05, 0) is 62.1 Å². The van der Waals surface area contributed by atoms with E-state index in [1.807, 2.05) is 79.7 Å². The molecule has 1 saturated heterocycles. The molecule has 3 aromatic carbocycles. The second-order valence-corrected chi connectivity index (χ2v) is 11.4. The minimum Gasteiger partial charge on any atom is -0.368 e. The summed E-state index contributed by atoms with van der Waals surface area (Å²) in [7, 11) is 0.281. The van der Waals surface area contributed by atoms with Gasteiger partial charge in [-0.1, -0.05) is 48.0 Å². The van der Waals surface area contributed by atoms with Crippen molar-refractivity contribution in [1.29, 1.82) is 0 Å². The fourth-order valence-corrected chi connectivity index (χ4v) is 5.86. The summed E-state index contributed by atoms with van der Waals surface area (Å²) in [5, 5.41) is 0.744. The highest BCUT2D eigenvalue weighted by molar-refractivity contribution is 7.89. The Kier molecular flexibility index (Phi) is 8.34. The number of nitrogens with zero attached hydrogens (tertiary/aromatic N) is 4. The van der Waals surface area contributed by atoms with Crippen molar-refractivity contribution in [2.24, 2.45) is 0 Å². The van der Waals surface area contributed by atoms with E-state index in [4.69, 9.17) is 11.6 Å². The van der Waals surface area contributed by atoms with Gasteiger partial charge in [0.2, 0.25) is 10.0 Å². The van der Waals surface area contributed by atoms with Gasteiger partial charge in [-0.3, -0.25) is 0 Å². The zero-order valence-corrected chi connectivity index (χ0v) is 21.9. The van der Waals surface area contributed by atoms with E-state index in [1.54, 1.807) is 16.4 Å². The smallest absolute Gasteiger partial charge is 0.243 e. The van der Waals surface area contributed by atoms with Crippen molar-refractivity contribution < 1.29 is 8.42 Å². The summed E-state index contributed by atoms with van der Waals surface area (Å²) < 4.78 is 28.7. The summed E-state index contributed by atoms with van der Waals surface area (Å²) in [5.41, 5.74) is 3.15. The molecule has 0 saturated carbocycles. The first kappa shape index (κ1) is 25.5. The van der Waals surface area contributed by atoms with Crippen molar-refractivity contribution in [1.82, 2.24) is 9.21 Å². The molecular formula is C27H33ClN4O2S. The van der Waals surface area contributed by atoms with Gasteiger partial charge in [0.25, 0.3) is 0 Å². The Morgan fingerprint density at radius 2 is 1.40 bits per heavy atom. The van der Waals surface area contributed by atoms with E-state index >= 15 is 0 Å². The second kappa shape index (κ2) is 11.4. The summed E-state index contributed by atoms with van der Waals surface area (Å²) >= 11 is 6.15. The van der Waals surface area contributed by atoms with Crippen LogP contribution < -0.4 is 9.80 Å². The molecule has 0 atom stereocenters. The normalized spacial score (nSPS) is 14.7. The number of likely N-dealkylation sites (N-methyl/N-ethyl adjacent to an activating group) is 1. The molecule has 1 aliphatic rings. The van der Waals surface area contributed by atoms with Crippen molar-refractivity contribution in [3.8, 4) is 0 Å². The highest BCUT2D eigenvalue weighted by Gasteiger charge is 2.25. The summed E-state index contributed by atoms with van der Waals surface area (Å²) in [5.74, 6) is 0. The van der Waals surface area contributed by atoms with Gasteiger partial charge in [0.05, 0.1) is 4.90 Å². The first-order valence-electron chi connectivity index (χ1n) is 11.9. The lowest BCUT2D eigenvalue weighted by molar-refractivity contribution is 0.329. The van der Waals surface area contributed by atoms with E-state index < -0.39 is 10.0 Å². The molecule has 1 aliphatic heterocycles. The van der Waals surface area contributed by atoms with Gasteiger partial charge in [-0.2, -0.15) is 4.31 Å². The van der Waals surface area contributed by atoms with Crippen molar-refractivity contribution in [2.45, 2.75) is 11.4 Å². The Morgan fingerprint density at radius 3 is 2.00 bits per heavy atom. The second-order valence-electron chi connectivity index (χ2n) is 9.08. The molecule has 8 heteroatoms. The number of hydrogen-bond donors (Lipinski definition) is 0. The first-order valence-corrected chi connectivity index (χ1v) is 13.7. The molecule has 186 valence electrons. The fraction of sp³-hybridized carbons (Fsp3) is 0.333. The minimum atomic E-state index is -3.62. The first-order chi connectivity index (χ1) is 16.8. The third-order valence-electron chi connectivity index (χ3n) is 6.29. The Balaban J connectivity index is 1.45. The summed E-state index contributed by atoms with van der Waals surface area (Å²) in [6.07, 6.45) is 0. The SMILES string of the molecule is CN(C)CCN(Cc1ccccc1)S(=O)(=O)c1ccc(N2CCN(c3cccc(Cl)c3)CC2)cc1. The topological polar surface area (TPSA) is 47.1 Å². The van der Waals surface area contributed by atoms with Crippen LogP contribution in [-0.4, -0.2) is 71.0 Å². The number of benzene rings is 3. The lowest BCUT2D eigenvalue weighted by Gasteiger charge is -2.37. The molecule has 6 nitrogen and oxygen atoms in total. The maximum atomic E-state index is 13.5. The molecule has 35 heavy (non-hydrogen) atoms. The number of anilines is 2. The standard InChI is InChI=1S/C27H33ClN4O2S/c1-29(2)15-20-32(22-23-7-4-3-5-8-23)35(33,34)27-13-11-25(12-14-27)30-16-18-31(19-17-30)26-10-6-9-24(28)21-26/h3-14,21H,15-20,22H2,1-2H3. The van der Waals surface area contributed by atoms with Crippen LogP contribution in [0.15, 0.2) is 83.8 Å². The van der Waals surface area contributed by atoms with Gasteiger partial charge < -0.3 is 14.7 Å². The lowest BCUT2D eigenvalue weighted by atomic mass is 10.2. The van der Waals surface area contributed by atoms with E-state index in [9.17, 15) is 8.42 Å². The van der Waals surface area contributed by atoms with Crippen LogP contribution in [0.1, 0.15) is 5.56 Å². The number of rotatable bonds is 9. The molecular weight excluding hydrogens is 480 g/mol. The zero-order chi connectivity index (χ0) is 24.8. The third kappa shape index (κ3) is 6.55. The minimum absolute atomic E-state index is 0.327. The van der Waals surface area contributed by atoms with E-state index in [0.717, 1.165) is 48.1 Å². The third-order valence-corrected chi connectivity index (χ3v) is 8.39. The highest BCUT2D eigenvalue weighted by atomic mass is 35.5. The maximum Gasteiger partial charge on any atom is 0.243 e. The molecule has 0 bridgehead atoms. The van der Waals surface area contributed by atoms with Gasteiger partial charge in [0, 0.05) is 62.2 Å². The van der Waals surface area contributed by atoms with Gasteiger partial charge in [-0.15, -0.1) is 0 Å². The summed E-state index contributed by atoms with van der Waals surface area (Å²) in [6, 6.07) is 25.0. The molecule has 0 radical (unpaired) electrons. The van der Waals surface area contributed by atoms with E-state index in [-0.39, 0.29) is 0 Å². The van der Waals surface area contributed by atoms with Crippen molar-refractivity contribution in [3.05, 3.63) is 89.4 Å². The van der Waals surface area contributed by atoms with Crippen molar-refractivity contribution in [2.75, 3.05) is 63.2 Å². The number of piperazine rings is 1. The van der Waals surface area contributed by atoms with Crippen molar-refractivity contribution >= 4 is 33.0 Å². The molecule has 3 aromatic rings. The molecule has 0 N–H and O–H groups in total. The van der Waals surface area contributed by atoms with Crippen LogP contribution in [0.25, 0.3) is 0 Å². The van der Waals surface area contributed by atoms with Crippen LogP contribution >= 0.6 is 11.6 Å². The summed E-state index contributed by atoms with van der Waals surface area (Å²) in [6.45, 7) is 4.93. The number of halogens is 1. The molecule has 4 rings (SSSR count). The fourth-order valence-electron chi connectivity index (χ4n) is 4.26. The van der Waals surface area contributed by atoms with Crippen LogP contribution in [0.5, 0.6) is 0 Å². The molecule has 0 amide bonds. The largest absolute Gasteiger partial charge is 0.368 e. The van der Waals surface area contributed by atoms with Gasteiger partial charge in [0.15, 0.2) is 0 Å². The van der Waals surface area contributed by atoms with E-state index in [1.165, 1.54) is 0 Å². The Hall–Kier alpha value is -2.58. The summed E-state index contributed by atoms with van der Waals surface area (Å²) in [4.78, 5) is 6.95. The van der Waals surface area contributed by atoms with Crippen LogP contribution in [-0.2, 0) is 16.6 Å². The van der Waals surface area contributed by atoms with Gasteiger partial charge >= 0.3 is 0 Å². The van der Waals surface area contributed by atoms with E-state index in [0.29, 0.717) is 24.5 Å². The molecule has 1 fully saturated rings. The monoisotopic (exact) mass is 512 g/mol. The predicted octanol–water partition coefficient (Wildman–Crippen LogP) is 4.42. The average Bonchev–Trinajstić information content (AvgIpc) is 2.87. The zero-order valence-electron chi connectivity index (χ0n) is 20.3. The molecule has 1 heterocycles. The average molecular weight is 513 g/mol. The Morgan fingerprint density at radius 1 is 0.771 bits per heavy atom. The number of hydrogen-bond acceptors (Lipinski definition) is 5. The highest BCUT2D eigenvalue weighted by Crippen LogP contribution is 2.25. The molecule has 0 unspecified atom stereocenters. The van der Waals surface area contributed by atoms with Gasteiger partial charge in [-0.25, -0.2) is 8.42 Å². The Labute approximate surface area is 214 Å². The molecule has 0 aromatic heterocycles. The van der Waals surface area contributed by atoms with Crippen LogP contribution in [0.4, 0.5) is 11.4 Å².